The number of aromatic nitrogens is 1. The van der Waals surface area contributed by atoms with Gasteiger partial charge in [-0.25, -0.2) is 4.98 Å². The van der Waals surface area contributed by atoms with Crippen LogP contribution in [0.25, 0.3) is 0 Å². The first kappa shape index (κ1) is 14.5. The summed E-state index contributed by atoms with van der Waals surface area (Å²) in [6.07, 6.45) is 0.423. The van der Waals surface area contributed by atoms with E-state index in [1.165, 1.54) is 5.56 Å². The highest BCUT2D eigenvalue weighted by atomic mass is 32.1. The molecule has 0 atom stereocenters. The van der Waals surface area contributed by atoms with Gasteiger partial charge in [-0.2, -0.15) is 5.26 Å². The summed E-state index contributed by atoms with van der Waals surface area (Å²) in [5.74, 6) is 1.36. The first-order chi connectivity index (χ1) is 9.60. The second-order valence-corrected chi connectivity index (χ2v) is 6.14. The molecule has 104 valence electrons. The number of rotatable bonds is 5. The first-order valence-electron chi connectivity index (χ1n) is 6.65. The Morgan fingerprint density at radius 2 is 2.20 bits per heavy atom. The molecular weight excluding hydrogens is 268 g/mol. The molecular formula is C16H18N2OS. The summed E-state index contributed by atoms with van der Waals surface area (Å²) < 4.78 is 5.79. The highest BCUT2D eigenvalue weighted by Gasteiger charge is 2.08. The number of nitrogens with zero attached hydrogens (tertiary/aromatic N) is 2. The van der Waals surface area contributed by atoms with Crippen molar-refractivity contribution in [2.24, 2.45) is 0 Å². The summed E-state index contributed by atoms with van der Waals surface area (Å²) in [7, 11) is 0. The summed E-state index contributed by atoms with van der Waals surface area (Å²) in [5, 5.41) is 9.66. The Kier molecular flexibility index (Phi) is 4.75. The van der Waals surface area contributed by atoms with Crippen molar-refractivity contribution in [1.82, 2.24) is 4.98 Å². The van der Waals surface area contributed by atoms with Gasteiger partial charge in [-0.3, -0.25) is 0 Å². The van der Waals surface area contributed by atoms with E-state index >= 15 is 0 Å². The Bertz CT molecular complexity index is 626. The number of aryl methyl sites for hydroxylation is 1. The first-order valence-corrected chi connectivity index (χ1v) is 7.46. The zero-order valence-corrected chi connectivity index (χ0v) is 12.8. The number of nitriles is 1. The van der Waals surface area contributed by atoms with Crippen LogP contribution in [0.15, 0.2) is 24.3 Å². The van der Waals surface area contributed by atoms with E-state index in [0.29, 0.717) is 18.9 Å². The van der Waals surface area contributed by atoms with Gasteiger partial charge in [0.05, 0.1) is 18.2 Å². The second kappa shape index (κ2) is 6.53. The average Bonchev–Trinajstić information content (AvgIpc) is 2.78. The maximum absolute atomic E-state index is 8.74. The second-order valence-electron chi connectivity index (χ2n) is 4.97. The highest BCUT2D eigenvalue weighted by Crippen LogP contribution is 2.23. The van der Waals surface area contributed by atoms with E-state index < -0.39 is 0 Å². The molecule has 0 unspecified atom stereocenters. The number of ether oxygens (including phenoxy) is 1. The fourth-order valence-corrected chi connectivity index (χ4v) is 2.81. The van der Waals surface area contributed by atoms with Gasteiger partial charge in [0.2, 0.25) is 0 Å². The van der Waals surface area contributed by atoms with Gasteiger partial charge in [-0.05, 0) is 30.5 Å². The molecule has 1 aromatic heterocycles. The van der Waals surface area contributed by atoms with E-state index in [1.807, 2.05) is 19.1 Å². The molecule has 0 bridgehead atoms. The standard InChI is InChI=1S/C16H18N2OS/c1-11(2)13-5-4-6-14(9-13)19-10-16-18-12(3)15(20-16)7-8-17/h4-6,9,11H,7,10H2,1-3H3. The molecule has 1 heterocycles. The smallest absolute Gasteiger partial charge is 0.140 e. The molecule has 0 aliphatic carbocycles. The minimum atomic E-state index is 0.423. The third-order valence-electron chi connectivity index (χ3n) is 3.06. The van der Waals surface area contributed by atoms with Crippen LogP contribution in [0.4, 0.5) is 0 Å². The van der Waals surface area contributed by atoms with Crippen molar-refractivity contribution in [1.29, 1.82) is 5.26 Å². The van der Waals surface area contributed by atoms with Gasteiger partial charge in [0, 0.05) is 4.88 Å². The molecule has 0 saturated heterocycles. The molecule has 1 aromatic carbocycles. The fourth-order valence-electron chi connectivity index (χ4n) is 1.89. The van der Waals surface area contributed by atoms with E-state index in [0.717, 1.165) is 21.3 Å². The Labute approximate surface area is 123 Å². The SMILES string of the molecule is Cc1nc(COc2cccc(C(C)C)c2)sc1CC#N. The van der Waals surface area contributed by atoms with Gasteiger partial charge in [-0.1, -0.05) is 26.0 Å². The van der Waals surface area contributed by atoms with Crippen LogP contribution in [0, 0.1) is 18.3 Å². The predicted molar refractivity (Wildman–Crippen MR) is 81.0 cm³/mol. The summed E-state index contributed by atoms with van der Waals surface area (Å²) in [6, 6.07) is 10.3. The number of hydrogen-bond acceptors (Lipinski definition) is 4. The predicted octanol–water partition coefficient (Wildman–Crippen LogP) is 4.22. The normalized spacial score (nSPS) is 10.6. The van der Waals surface area contributed by atoms with Crippen molar-refractivity contribution in [2.75, 3.05) is 0 Å². The zero-order chi connectivity index (χ0) is 14.5. The number of hydrogen-bond donors (Lipinski definition) is 0. The van der Waals surface area contributed by atoms with Crippen LogP contribution in [-0.4, -0.2) is 4.98 Å². The van der Waals surface area contributed by atoms with Gasteiger partial charge in [0.1, 0.15) is 17.4 Å². The Morgan fingerprint density at radius 3 is 2.90 bits per heavy atom. The summed E-state index contributed by atoms with van der Waals surface area (Å²) >= 11 is 1.56. The minimum Gasteiger partial charge on any atom is -0.486 e. The monoisotopic (exact) mass is 286 g/mol. The van der Waals surface area contributed by atoms with Crippen molar-refractivity contribution in [3.05, 3.63) is 45.4 Å². The minimum absolute atomic E-state index is 0.423. The molecule has 0 N–H and O–H groups in total. The number of thiazole rings is 1. The lowest BCUT2D eigenvalue weighted by Gasteiger charge is -2.08. The van der Waals surface area contributed by atoms with Crippen LogP contribution in [0.1, 0.15) is 40.9 Å². The molecule has 0 aliphatic heterocycles. The molecule has 0 spiro atoms. The summed E-state index contributed by atoms with van der Waals surface area (Å²) in [6.45, 7) is 6.72. The van der Waals surface area contributed by atoms with E-state index in [1.54, 1.807) is 11.3 Å². The van der Waals surface area contributed by atoms with Crippen molar-refractivity contribution < 1.29 is 4.74 Å². The van der Waals surface area contributed by atoms with Gasteiger partial charge >= 0.3 is 0 Å². The van der Waals surface area contributed by atoms with Crippen molar-refractivity contribution in [2.45, 2.75) is 39.7 Å². The van der Waals surface area contributed by atoms with Crippen molar-refractivity contribution in [3.8, 4) is 11.8 Å². The Morgan fingerprint density at radius 1 is 1.40 bits per heavy atom. The molecule has 0 amide bonds. The maximum Gasteiger partial charge on any atom is 0.140 e. The van der Waals surface area contributed by atoms with Crippen LogP contribution in [0.3, 0.4) is 0 Å². The fraction of sp³-hybridized carbons (Fsp3) is 0.375. The molecule has 0 fully saturated rings. The topological polar surface area (TPSA) is 45.9 Å². The van der Waals surface area contributed by atoms with Crippen LogP contribution >= 0.6 is 11.3 Å². The average molecular weight is 286 g/mol. The molecule has 20 heavy (non-hydrogen) atoms. The van der Waals surface area contributed by atoms with E-state index in [4.69, 9.17) is 10.00 Å². The van der Waals surface area contributed by atoms with Gasteiger partial charge in [0.25, 0.3) is 0 Å². The molecule has 2 rings (SSSR count). The largest absolute Gasteiger partial charge is 0.486 e. The van der Waals surface area contributed by atoms with Crippen LogP contribution in [-0.2, 0) is 13.0 Å². The molecule has 0 saturated carbocycles. The Hall–Kier alpha value is -1.86. The Balaban J connectivity index is 2.03. The van der Waals surface area contributed by atoms with E-state index in [9.17, 15) is 0 Å². The molecule has 2 aromatic rings. The lowest BCUT2D eigenvalue weighted by Crippen LogP contribution is -1.96. The summed E-state index contributed by atoms with van der Waals surface area (Å²) in [4.78, 5) is 5.47. The zero-order valence-electron chi connectivity index (χ0n) is 12.0. The van der Waals surface area contributed by atoms with Crippen molar-refractivity contribution in [3.63, 3.8) is 0 Å². The van der Waals surface area contributed by atoms with Gasteiger partial charge < -0.3 is 4.74 Å². The maximum atomic E-state index is 8.74. The van der Waals surface area contributed by atoms with E-state index in [2.05, 4.69) is 37.0 Å². The summed E-state index contributed by atoms with van der Waals surface area (Å²) in [5.41, 5.74) is 2.20. The lowest BCUT2D eigenvalue weighted by molar-refractivity contribution is 0.305. The van der Waals surface area contributed by atoms with Crippen LogP contribution < -0.4 is 4.74 Å². The lowest BCUT2D eigenvalue weighted by atomic mass is 10.0. The molecule has 0 aliphatic rings. The third kappa shape index (κ3) is 3.58. The van der Waals surface area contributed by atoms with Gasteiger partial charge in [0.15, 0.2) is 0 Å². The quantitative estimate of drug-likeness (QED) is 0.826. The van der Waals surface area contributed by atoms with Crippen LogP contribution in [0.2, 0.25) is 0 Å². The highest BCUT2D eigenvalue weighted by molar-refractivity contribution is 7.11. The van der Waals surface area contributed by atoms with Crippen LogP contribution in [0.5, 0.6) is 5.75 Å². The molecule has 0 radical (unpaired) electrons. The number of benzene rings is 1. The molecule has 3 nitrogen and oxygen atoms in total. The van der Waals surface area contributed by atoms with Crippen molar-refractivity contribution >= 4 is 11.3 Å². The third-order valence-corrected chi connectivity index (χ3v) is 4.19. The molecule has 4 heteroatoms. The van der Waals surface area contributed by atoms with E-state index in [-0.39, 0.29) is 0 Å². The van der Waals surface area contributed by atoms with Gasteiger partial charge in [-0.15, -0.1) is 11.3 Å².